The maximum atomic E-state index is 11.8. The van der Waals surface area contributed by atoms with E-state index in [1.165, 1.54) is 22.7 Å². The first-order valence-electron chi connectivity index (χ1n) is 5.92. The lowest BCUT2D eigenvalue weighted by Crippen LogP contribution is -2.10. The molecule has 0 saturated carbocycles. The van der Waals surface area contributed by atoms with Gasteiger partial charge in [-0.2, -0.15) is 0 Å². The Morgan fingerprint density at radius 2 is 2.05 bits per heavy atom. The van der Waals surface area contributed by atoms with Crippen LogP contribution in [0.1, 0.15) is 40.8 Å². The van der Waals surface area contributed by atoms with Gasteiger partial charge in [-0.05, 0) is 26.8 Å². The van der Waals surface area contributed by atoms with E-state index in [2.05, 4.69) is 0 Å². The Bertz CT molecular complexity index is 609. The van der Waals surface area contributed by atoms with Gasteiger partial charge in [0, 0.05) is 10.8 Å². The fraction of sp³-hybridized carbons (Fsp3) is 0.385. The molecule has 0 amide bonds. The SMILES string of the molecule is CCOC(=O)c1csc2sc(C(=O)OC(C)C)cc12. The van der Waals surface area contributed by atoms with Crippen LogP contribution >= 0.6 is 22.7 Å². The normalized spacial score (nSPS) is 10.9. The number of ether oxygens (including phenoxy) is 2. The summed E-state index contributed by atoms with van der Waals surface area (Å²) in [5, 5.41) is 2.53. The summed E-state index contributed by atoms with van der Waals surface area (Å²) in [6.07, 6.45) is -0.155. The molecule has 19 heavy (non-hydrogen) atoms. The van der Waals surface area contributed by atoms with Crippen molar-refractivity contribution in [3.8, 4) is 0 Å². The minimum atomic E-state index is -0.352. The van der Waals surface area contributed by atoms with Crippen LogP contribution in [0.5, 0.6) is 0 Å². The third-order valence-corrected chi connectivity index (χ3v) is 4.55. The standard InChI is InChI=1S/C13H14O4S2/c1-4-16-11(14)9-6-18-13-8(9)5-10(19-13)12(15)17-7(2)3/h5-7H,4H2,1-3H3. The molecule has 0 aromatic carbocycles. The van der Waals surface area contributed by atoms with Crippen LogP contribution in [0.25, 0.3) is 9.40 Å². The van der Waals surface area contributed by atoms with Crippen LogP contribution in [0.4, 0.5) is 0 Å². The Balaban J connectivity index is 2.31. The van der Waals surface area contributed by atoms with Crippen molar-refractivity contribution >= 4 is 44.0 Å². The summed E-state index contributed by atoms with van der Waals surface area (Å²) in [7, 11) is 0. The number of esters is 2. The fourth-order valence-corrected chi connectivity index (χ4v) is 3.70. The van der Waals surface area contributed by atoms with Crippen LogP contribution in [-0.2, 0) is 9.47 Å². The van der Waals surface area contributed by atoms with Crippen molar-refractivity contribution in [2.45, 2.75) is 26.9 Å². The maximum Gasteiger partial charge on any atom is 0.348 e. The van der Waals surface area contributed by atoms with Crippen molar-refractivity contribution in [3.63, 3.8) is 0 Å². The molecular formula is C13H14O4S2. The average Bonchev–Trinajstić information content (AvgIpc) is 2.86. The minimum Gasteiger partial charge on any atom is -0.462 e. The lowest BCUT2D eigenvalue weighted by atomic mass is 10.2. The first-order chi connectivity index (χ1) is 9.02. The number of rotatable bonds is 4. The van der Waals surface area contributed by atoms with E-state index in [9.17, 15) is 9.59 Å². The first-order valence-corrected chi connectivity index (χ1v) is 7.61. The Morgan fingerprint density at radius 1 is 1.32 bits per heavy atom. The smallest absolute Gasteiger partial charge is 0.348 e. The summed E-state index contributed by atoms with van der Waals surface area (Å²) in [5.41, 5.74) is 0.515. The van der Waals surface area contributed by atoms with E-state index in [-0.39, 0.29) is 18.0 Å². The molecule has 0 saturated heterocycles. The van der Waals surface area contributed by atoms with Crippen molar-refractivity contribution < 1.29 is 19.1 Å². The summed E-state index contributed by atoms with van der Waals surface area (Å²) in [6.45, 7) is 5.71. The van der Waals surface area contributed by atoms with Gasteiger partial charge in [-0.1, -0.05) is 0 Å². The number of thiophene rings is 2. The van der Waals surface area contributed by atoms with E-state index in [1.807, 2.05) is 0 Å². The van der Waals surface area contributed by atoms with E-state index in [0.29, 0.717) is 17.0 Å². The molecule has 0 aliphatic carbocycles. The number of fused-ring (bicyclic) bond motifs is 1. The van der Waals surface area contributed by atoms with E-state index >= 15 is 0 Å². The zero-order valence-electron chi connectivity index (χ0n) is 10.9. The van der Waals surface area contributed by atoms with Crippen LogP contribution in [0, 0.1) is 0 Å². The monoisotopic (exact) mass is 298 g/mol. The predicted octanol–water partition coefficient (Wildman–Crippen LogP) is 3.70. The molecule has 0 N–H and O–H groups in total. The molecule has 2 aromatic heterocycles. The number of hydrogen-bond donors (Lipinski definition) is 0. The second-order valence-corrected chi connectivity index (χ2v) is 6.33. The zero-order chi connectivity index (χ0) is 14.0. The van der Waals surface area contributed by atoms with Crippen molar-refractivity contribution in [1.82, 2.24) is 0 Å². The molecule has 2 rings (SSSR count). The van der Waals surface area contributed by atoms with Crippen LogP contribution in [0.3, 0.4) is 0 Å². The summed E-state index contributed by atoms with van der Waals surface area (Å²) in [5.74, 6) is -0.700. The molecule has 6 heteroatoms. The molecule has 2 aromatic rings. The Morgan fingerprint density at radius 3 is 2.68 bits per heavy atom. The molecule has 0 radical (unpaired) electrons. The van der Waals surface area contributed by atoms with Crippen LogP contribution in [-0.4, -0.2) is 24.6 Å². The van der Waals surface area contributed by atoms with E-state index in [4.69, 9.17) is 9.47 Å². The third-order valence-electron chi connectivity index (χ3n) is 2.31. The third kappa shape index (κ3) is 2.96. The second kappa shape index (κ2) is 5.71. The average molecular weight is 298 g/mol. The van der Waals surface area contributed by atoms with Crippen molar-refractivity contribution in [2.24, 2.45) is 0 Å². The van der Waals surface area contributed by atoms with Gasteiger partial charge in [0.25, 0.3) is 0 Å². The molecule has 0 atom stereocenters. The largest absolute Gasteiger partial charge is 0.462 e. The highest BCUT2D eigenvalue weighted by Crippen LogP contribution is 2.34. The summed E-state index contributed by atoms with van der Waals surface area (Å²) in [6, 6.07) is 1.70. The van der Waals surface area contributed by atoms with Gasteiger partial charge in [-0.3, -0.25) is 0 Å². The van der Waals surface area contributed by atoms with Gasteiger partial charge in [0.15, 0.2) is 0 Å². The van der Waals surface area contributed by atoms with Gasteiger partial charge in [0.1, 0.15) is 4.88 Å². The van der Waals surface area contributed by atoms with Crippen molar-refractivity contribution in [3.05, 3.63) is 21.9 Å². The molecule has 102 valence electrons. The molecule has 0 aliphatic rings. The quantitative estimate of drug-likeness (QED) is 0.808. The molecule has 2 heterocycles. The van der Waals surface area contributed by atoms with Gasteiger partial charge in [0.2, 0.25) is 0 Å². The Labute approximate surface area is 118 Å². The van der Waals surface area contributed by atoms with E-state index < -0.39 is 0 Å². The lowest BCUT2D eigenvalue weighted by molar-refractivity contribution is 0.0383. The predicted molar refractivity (Wildman–Crippen MR) is 76.2 cm³/mol. The van der Waals surface area contributed by atoms with Crippen molar-refractivity contribution in [2.75, 3.05) is 6.61 Å². The molecule has 0 bridgehead atoms. The van der Waals surface area contributed by atoms with E-state index in [0.717, 1.165) is 9.40 Å². The molecule has 0 spiro atoms. The molecule has 0 unspecified atom stereocenters. The highest BCUT2D eigenvalue weighted by molar-refractivity contribution is 7.38. The van der Waals surface area contributed by atoms with Gasteiger partial charge in [-0.25, -0.2) is 9.59 Å². The summed E-state index contributed by atoms with van der Waals surface area (Å²) < 4.78 is 11.1. The number of hydrogen-bond acceptors (Lipinski definition) is 6. The fourth-order valence-electron chi connectivity index (χ4n) is 1.57. The minimum absolute atomic E-state index is 0.155. The number of carbonyl (C=O) groups is 2. The topological polar surface area (TPSA) is 52.6 Å². The van der Waals surface area contributed by atoms with E-state index in [1.54, 1.807) is 32.2 Å². The highest BCUT2D eigenvalue weighted by Gasteiger charge is 2.19. The Kier molecular flexibility index (Phi) is 4.21. The van der Waals surface area contributed by atoms with Crippen molar-refractivity contribution in [1.29, 1.82) is 0 Å². The highest BCUT2D eigenvalue weighted by atomic mass is 32.2. The van der Waals surface area contributed by atoms with Gasteiger partial charge in [0.05, 0.1) is 22.3 Å². The summed E-state index contributed by atoms with van der Waals surface area (Å²) in [4.78, 5) is 24.1. The summed E-state index contributed by atoms with van der Waals surface area (Å²) >= 11 is 2.78. The van der Waals surface area contributed by atoms with Crippen LogP contribution in [0.2, 0.25) is 0 Å². The molecule has 0 aliphatic heterocycles. The van der Waals surface area contributed by atoms with Crippen LogP contribution in [0.15, 0.2) is 11.4 Å². The number of carbonyl (C=O) groups excluding carboxylic acids is 2. The maximum absolute atomic E-state index is 11.8. The van der Waals surface area contributed by atoms with Gasteiger partial charge < -0.3 is 9.47 Å². The molecule has 0 fully saturated rings. The van der Waals surface area contributed by atoms with Crippen LogP contribution < -0.4 is 0 Å². The van der Waals surface area contributed by atoms with Gasteiger partial charge >= 0.3 is 11.9 Å². The lowest BCUT2D eigenvalue weighted by Gasteiger charge is -2.05. The zero-order valence-corrected chi connectivity index (χ0v) is 12.5. The second-order valence-electron chi connectivity index (χ2n) is 4.14. The molecular weight excluding hydrogens is 284 g/mol. The van der Waals surface area contributed by atoms with Gasteiger partial charge in [-0.15, -0.1) is 22.7 Å². The Hall–Kier alpha value is -1.40. The molecule has 4 nitrogen and oxygen atoms in total. The first kappa shape index (κ1) is 14.0.